The first-order valence-corrected chi connectivity index (χ1v) is 20.9. The highest BCUT2D eigenvalue weighted by Gasteiger charge is 2.37. The molecule has 0 aliphatic carbocycles. The van der Waals surface area contributed by atoms with Crippen LogP contribution in [0.2, 0.25) is 0 Å². The van der Waals surface area contributed by atoms with E-state index in [-0.39, 0.29) is 53.9 Å². The molecule has 1 heterocycles. The van der Waals surface area contributed by atoms with E-state index in [1.807, 2.05) is 68.8 Å². The number of unbranched alkanes of at least 4 members (excludes halogenated alkanes) is 1. The van der Waals surface area contributed by atoms with Gasteiger partial charge in [0.2, 0.25) is 17.7 Å². The summed E-state index contributed by atoms with van der Waals surface area (Å²) in [5.74, 6) is -3.57. The normalized spacial score (nSPS) is 13.0. The molecule has 3 atom stereocenters. The molecule has 1 aromatic heterocycles. The van der Waals surface area contributed by atoms with Gasteiger partial charge in [0.25, 0.3) is 0 Å². The summed E-state index contributed by atoms with van der Waals surface area (Å²) < 4.78 is 31.4. The molecule has 0 fully saturated rings. The molecule has 6 N–H and O–H groups in total. The lowest BCUT2D eigenvalue weighted by atomic mass is 9.83. The summed E-state index contributed by atoms with van der Waals surface area (Å²) in [6.07, 6.45) is 3.88. The molecule has 15 heteroatoms. The number of halogens is 2. The van der Waals surface area contributed by atoms with Crippen molar-refractivity contribution in [2.45, 2.75) is 97.3 Å². The van der Waals surface area contributed by atoms with Gasteiger partial charge in [0.05, 0.1) is 17.8 Å². The molecule has 0 spiro atoms. The van der Waals surface area contributed by atoms with Gasteiger partial charge >= 0.3 is 5.97 Å². The molecule has 3 amide bonds. The highest BCUT2D eigenvalue weighted by molar-refractivity contribution is 7.99. The summed E-state index contributed by atoms with van der Waals surface area (Å²) in [6.45, 7) is 9.20. The minimum absolute atomic E-state index is 0.0188. The van der Waals surface area contributed by atoms with Crippen LogP contribution in [0.4, 0.5) is 8.78 Å². The van der Waals surface area contributed by atoms with Crippen LogP contribution in [0.15, 0.2) is 60.8 Å². The SMILES string of the molecule is CNCCCC[C@H](NC(C)=O)C(=O)CC[C@@H](NC(=O)CCSCC(=O)N(CCCN)[C@@H](c1cc(-c2cc(F)ccc2F)cn1Cc1ccccc1)C(C)(C)C)C(=O)O. The maximum Gasteiger partial charge on any atom is 0.326 e. The molecule has 3 aromatic rings. The monoisotopic (exact) mass is 826 g/mol. The number of Topliss-reactive ketones (excluding diaryl/α,β-unsaturated/α-hetero) is 1. The van der Waals surface area contributed by atoms with E-state index in [1.54, 1.807) is 11.1 Å². The zero-order valence-electron chi connectivity index (χ0n) is 34.3. The van der Waals surface area contributed by atoms with E-state index in [2.05, 4.69) is 16.0 Å². The lowest BCUT2D eigenvalue weighted by molar-refractivity contribution is -0.142. The predicted molar refractivity (Wildman–Crippen MR) is 224 cm³/mol. The Morgan fingerprint density at radius 3 is 2.29 bits per heavy atom. The molecule has 0 unspecified atom stereocenters. The fourth-order valence-corrected chi connectivity index (χ4v) is 7.69. The third-order valence-electron chi connectivity index (χ3n) is 9.65. The molecule has 0 aliphatic heterocycles. The number of nitrogens with two attached hydrogens (primary N) is 1. The van der Waals surface area contributed by atoms with E-state index < -0.39 is 47.1 Å². The summed E-state index contributed by atoms with van der Waals surface area (Å²) in [5, 5.41) is 18.0. The Labute approximate surface area is 345 Å². The van der Waals surface area contributed by atoms with Crippen molar-refractivity contribution in [1.82, 2.24) is 25.4 Å². The number of rotatable bonds is 25. The number of aromatic nitrogens is 1. The average Bonchev–Trinajstić information content (AvgIpc) is 3.57. The second-order valence-electron chi connectivity index (χ2n) is 15.5. The number of carboxylic acid groups (broad SMARTS) is 1. The predicted octanol–water partition coefficient (Wildman–Crippen LogP) is 5.68. The second-order valence-corrected chi connectivity index (χ2v) is 16.6. The number of carboxylic acids is 1. The van der Waals surface area contributed by atoms with Crippen LogP contribution < -0.4 is 21.7 Å². The molecule has 0 saturated carbocycles. The number of thioether (sulfide) groups is 1. The number of hydrogen-bond donors (Lipinski definition) is 5. The van der Waals surface area contributed by atoms with Crippen molar-refractivity contribution in [3.63, 3.8) is 0 Å². The average molecular weight is 827 g/mol. The van der Waals surface area contributed by atoms with E-state index in [4.69, 9.17) is 5.73 Å². The van der Waals surface area contributed by atoms with Gasteiger partial charge in [-0.15, -0.1) is 0 Å². The minimum atomic E-state index is -1.30. The molecule has 2 aromatic carbocycles. The van der Waals surface area contributed by atoms with Crippen molar-refractivity contribution in [2.75, 3.05) is 38.2 Å². The van der Waals surface area contributed by atoms with Crippen molar-refractivity contribution >= 4 is 41.2 Å². The van der Waals surface area contributed by atoms with Gasteiger partial charge in [-0.1, -0.05) is 51.1 Å². The smallest absolute Gasteiger partial charge is 0.326 e. The topological polar surface area (TPSA) is 176 Å². The zero-order valence-corrected chi connectivity index (χ0v) is 35.1. The highest BCUT2D eigenvalue weighted by atomic mass is 32.2. The van der Waals surface area contributed by atoms with Crippen LogP contribution in [0.25, 0.3) is 11.1 Å². The van der Waals surface area contributed by atoms with E-state index in [9.17, 15) is 33.5 Å². The first-order valence-electron chi connectivity index (χ1n) is 19.8. The Morgan fingerprint density at radius 2 is 1.66 bits per heavy atom. The van der Waals surface area contributed by atoms with Crippen LogP contribution in [-0.4, -0.2) is 94.3 Å². The summed E-state index contributed by atoms with van der Waals surface area (Å²) in [6, 6.07) is 12.3. The number of nitrogens with zero attached hydrogens (tertiary/aromatic N) is 2. The number of nitrogens with one attached hydrogen (secondary N) is 3. The number of carbonyl (C=O) groups is 5. The lowest BCUT2D eigenvalue weighted by Crippen LogP contribution is -2.44. The van der Waals surface area contributed by atoms with Gasteiger partial charge in [-0.3, -0.25) is 19.2 Å². The maximum absolute atomic E-state index is 15.1. The number of benzene rings is 2. The van der Waals surface area contributed by atoms with E-state index >= 15 is 4.39 Å². The molecular weight excluding hydrogens is 767 g/mol. The van der Waals surface area contributed by atoms with E-state index in [0.717, 1.165) is 42.4 Å². The third-order valence-corrected chi connectivity index (χ3v) is 10.6. The Morgan fingerprint density at radius 1 is 0.931 bits per heavy atom. The Kier molecular flexibility index (Phi) is 19.5. The number of hydrogen-bond acceptors (Lipinski definition) is 8. The number of ketones is 1. The van der Waals surface area contributed by atoms with Crippen LogP contribution in [0, 0.1) is 17.0 Å². The molecular formula is C43H60F2N6O6S. The molecule has 58 heavy (non-hydrogen) atoms. The van der Waals surface area contributed by atoms with Crippen LogP contribution in [0.5, 0.6) is 0 Å². The Balaban J connectivity index is 1.73. The van der Waals surface area contributed by atoms with Crippen molar-refractivity contribution in [2.24, 2.45) is 11.1 Å². The molecule has 3 rings (SSSR count). The van der Waals surface area contributed by atoms with Gasteiger partial charge < -0.3 is 36.3 Å². The van der Waals surface area contributed by atoms with Crippen LogP contribution in [-0.2, 0) is 30.5 Å². The second kappa shape index (κ2) is 23.7. The van der Waals surface area contributed by atoms with Crippen molar-refractivity contribution in [1.29, 1.82) is 0 Å². The fraction of sp³-hybridized carbons (Fsp3) is 0.512. The first kappa shape index (κ1) is 47.8. The van der Waals surface area contributed by atoms with Gasteiger partial charge in [-0.25, -0.2) is 13.6 Å². The van der Waals surface area contributed by atoms with E-state index in [1.165, 1.54) is 18.7 Å². The Bertz CT molecular complexity index is 1820. The standard InChI is InChI=1S/C43H60F2N6O6S/c1-29(52)48-35(14-9-10-21-47-5)38(53)18-17-36(42(56)57)49-39(54)19-23-58-28-40(55)51(22-11-20-46)41(43(2,3)4)37-24-31(33-25-32(44)15-16-34(33)45)27-50(37)26-30-12-7-6-8-13-30/h6-8,12-13,15-16,24-25,27,35-36,41,47H,9-11,14,17-23,26,28,46H2,1-5H3,(H,48,52)(H,49,54)(H,56,57)/t35-,36+,41-/m0/s1. The van der Waals surface area contributed by atoms with Crippen molar-refractivity contribution in [3.8, 4) is 11.1 Å². The van der Waals surface area contributed by atoms with Crippen molar-refractivity contribution < 1.29 is 37.9 Å². The summed E-state index contributed by atoms with van der Waals surface area (Å²) in [4.78, 5) is 65.4. The summed E-state index contributed by atoms with van der Waals surface area (Å²) >= 11 is 1.23. The van der Waals surface area contributed by atoms with Crippen LogP contribution >= 0.6 is 11.8 Å². The largest absolute Gasteiger partial charge is 0.480 e. The lowest BCUT2D eigenvalue weighted by Gasteiger charge is -2.41. The quantitative estimate of drug-likeness (QED) is 0.0673. The number of amides is 3. The van der Waals surface area contributed by atoms with Gasteiger partial charge in [0, 0.05) is 61.6 Å². The first-order chi connectivity index (χ1) is 27.5. The molecule has 318 valence electrons. The molecule has 0 bridgehead atoms. The summed E-state index contributed by atoms with van der Waals surface area (Å²) in [7, 11) is 1.82. The van der Waals surface area contributed by atoms with Crippen molar-refractivity contribution in [3.05, 3.63) is 83.7 Å². The number of aliphatic carboxylic acids is 1. The van der Waals surface area contributed by atoms with Gasteiger partial charge in [-0.2, -0.15) is 11.8 Å². The molecule has 12 nitrogen and oxygen atoms in total. The van der Waals surface area contributed by atoms with Crippen LogP contribution in [0.3, 0.4) is 0 Å². The molecule has 0 radical (unpaired) electrons. The fourth-order valence-electron chi connectivity index (χ4n) is 6.87. The number of carbonyl (C=O) groups excluding carboxylic acids is 4. The maximum atomic E-state index is 15.1. The summed E-state index contributed by atoms with van der Waals surface area (Å²) in [5.41, 5.74) is 7.71. The molecule has 0 saturated heterocycles. The minimum Gasteiger partial charge on any atom is -0.480 e. The van der Waals surface area contributed by atoms with E-state index in [0.29, 0.717) is 44.5 Å². The Hall–Kier alpha value is -4.60. The zero-order chi connectivity index (χ0) is 42.8. The molecule has 0 aliphatic rings. The van der Waals surface area contributed by atoms with Gasteiger partial charge in [0.15, 0.2) is 5.78 Å². The third kappa shape index (κ3) is 15.3. The van der Waals surface area contributed by atoms with Gasteiger partial charge in [0.1, 0.15) is 17.7 Å². The van der Waals surface area contributed by atoms with Crippen LogP contribution in [0.1, 0.15) is 89.9 Å². The van der Waals surface area contributed by atoms with Gasteiger partial charge in [-0.05, 0) is 87.5 Å². The highest BCUT2D eigenvalue weighted by Crippen LogP contribution is 2.41.